The number of para-hydroxylation sites is 1. The molecule has 94 valence electrons. The molecule has 1 atom stereocenters. The molecule has 18 heavy (non-hydrogen) atoms. The van der Waals surface area contributed by atoms with E-state index in [1.165, 1.54) is 0 Å². The molecule has 0 aliphatic heterocycles. The molecule has 0 fully saturated rings. The Kier molecular flexibility index (Phi) is 3.89. The Morgan fingerprint density at radius 1 is 1.33 bits per heavy atom. The van der Waals surface area contributed by atoms with Gasteiger partial charge in [0.05, 0.1) is 5.52 Å². The van der Waals surface area contributed by atoms with Crippen molar-refractivity contribution in [1.29, 1.82) is 0 Å². The molecule has 0 aliphatic rings. The van der Waals surface area contributed by atoms with Crippen LogP contribution in [0.5, 0.6) is 0 Å². The van der Waals surface area contributed by atoms with Gasteiger partial charge in [0, 0.05) is 18.0 Å². The molecule has 1 amide bonds. The molecule has 0 aliphatic carbocycles. The Labute approximate surface area is 106 Å². The van der Waals surface area contributed by atoms with Crippen LogP contribution in [-0.4, -0.2) is 28.6 Å². The van der Waals surface area contributed by atoms with E-state index in [4.69, 9.17) is 5.11 Å². The van der Waals surface area contributed by atoms with Gasteiger partial charge in [0.15, 0.2) is 0 Å². The fourth-order valence-electron chi connectivity index (χ4n) is 1.76. The maximum atomic E-state index is 11.9. The quantitative estimate of drug-likeness (QED) is 0.861. The zero-order valence-electron chi connectivity index (χ0n) is 10.3. The van der Waals surface area contributed by atoms with E-state index < -0.39 is 0 Å². The molecular weight excluding hydrogens is 228 g/mol. The minimum Gasteiger partial charge on any atom is -0.396 e. The molecule has 0 bridgehead atoms. The topological polar surface area (TPSA) is 62.2 Å². The van der Waals surface area contributed by atoms with E-state index in [1.807, 2.05) is 37.3 Å². The van der Waals surface area contributed by atoms with Crippen molar-refractivity contribution in [2.75, 3.05) is 6.61 Å². The summed E-state index contributed by atoms with van der Waals surface area (Å²) < 4.78 is 0. The van der Waals surface area contributed by atoms with Gasteiger partial charge >= 0.3 is 0 Å². The summed E-state index contributed by atoms with van der Waals surface area (Å²) in [6, 6.07) is 11.2. The van der Waals surface area contributed by atoms with Crippen LogP contribution in [0.15, 0.2) is 36.4 Å². The number of aliphatic hydroxyl groups is 1. The fraction of sp³-hybridized carbons (Fsp3) is 0.286. The van der Waals surface area contributed by atoms with Crippen LogP contribution in [0.3, 0.4) is 0 Å². The number of aromatic nitrogens is 1. The highest BCUT2D eigenvalue weighted by atomic mass is 16.3. The van der Waals surface area contributed by atoms with Crippen LogP contribution >= 0.6 is 0 Å². The number of aliphatic hydroxyl groups excluding tert-OH is 1. The Hall–Kier alpha value is -1.94. The average molecular weight is 244 g/mol. The van der Waals surface area contributed by atoms with Crippen molar-refractivity contribution >= 4 is 16.8 Å². The summed E-state index contributed by atoms with van der Waals surface area (Å²) in [6.45, 7) is 1.92. The van der Waals surface area contributed by atoms with Gasteiger partial charge in [-0.15, -0.1) is 0 Å². The molecule has 2 N–H and O–H groups in total. The summed E-state index contributed by atoms with van der Waals surface area (Å²) in [5, 5.41) is 12.6. The molecule has 1 aromatic carbocycles. The number of carbonyl (C=O) groups excluding carboxylic acids is 1. The van der Waals surface area contributed by atoms with Crippen molar-refractivity contribution in [3.8, 4) is 0 Å². The SMILES string of the molecule is CC(CCO)NC(=O)c1ccc2ccccc2n1. The van der Waals surface area contributed by atoms with E-state index in [-0.39, 0.29) is 18.6 Å². The van der Waals surface area contributed by atoms with Crippen LogP contribution in [0.25, 0.3) is 10.9 Å². The molecule has 1 unspecified atom stereocenters. The van der Waals surface area contributed by atoms with Gasteiger partial charge in [0.1, 0.15) is 5.69 Å². The zero-order valence-corrected chi connectivity index (χ0v) is 10.3. The first-order valence-electron chi connectivity index (χ1n) is 5.98. The number of carbonyl (C=O) groups is 1. The summed E-state index contributed by atoms with van der Waals surface area (Å²) in [6.07, 6.45) is 0.541. The minimum absolute atomic E-state index is 0.0595. The van der Waals surface area contributed by atoms with Gasteiger partial charge in [-0.25, -0.2) is 4.98 Å². The maximum Gasteiger partial charge on any atom is 0.270 e. The lowest BCUT2D eigenvalue weighted by Gasteiger charge is -2.12. The second-order valence-corrected chi connectivity index (χ2v) is 4.28. The Morgan fingerprint density at radius 2 is 2.11 bits per heavy atom. The van der Waals surface area contributed by atoms with E-state index in [0.717, 1.165) is 10.9 Å². The third kappa shape index (κ3) is 2.84. The van der Waals surface area contributed by atoms with Gasteiger partial charge in [0.25, 0.3) is 5.91 Å². The fourth-order valence-corrected chi connectivity index (χ4v) is 1.76. The number of pyridine rings is 1. The summed E-state index contributed by atoms with van der Waals surface area (Å²) in [7, 11) is 0. The largest absolute Gasteiger partial charge is 0.396 e. The molecule has 4 nitrogen and oxygen atoms in total. The second kappa shape index (κ2) is 5.60. The number of hydrogen-bond donors (Lipinski definition) is 2. The van der Waals surface area contributed by atoms with Crippen molar-refractivity contribution in [3.63, 3.8) is 0 Å². The first-order chi connectivity index (χ1) is 8.70. The van der Waals surface area contributed by atoms with Crippen LogP contribution in [0, 0.1) is 0 Å². The van der Waals surface area contributed by atoms with E-state index >= 15 is 0 Å². The van der Waals surface area contributed by atoms with Crippen molar-refractivity contribution < 1.29 is 9.90 Å². The summed E-state index contributed by atoms with van der Waals surface area (Å²) in [4.78, 5) is 16.2. The molecule has 4 heteroatoms. The number of fused-ring (bicyclic) bond motifs is 1. The van der Waals surface area contributed by atoms with Crippen molar-refractivity contribution in [3.05, 3.63) is 42.1 Å². The molecule has 0 saturated carbocycles. The number of amides is 1. The van der Waals surface area contributed by atoms with Gasteiger partial charge in [-0.05, 0) is 25.5 Å². The highest BCUT2D eigenvalue weighted by molar-refractivity contribution is 5.94. The van der Waals surface area contributed by atoms with Gasteiger partial charge < -0.3 is 10.4 Å². The molecule has 0 radical (unpaired) electrons. The Morgan fingerprint density at radius 3 is 2.89 bits per heavy atom. The number of nitrogens with one attached hydrogen (secondary N) is 1. The Balaban J connectivity index is 2.17. The van der Waals surface area contributed by atoms with Crippen LogP contribution in [-0.2, 0) is 0 Å². The zero-order chi connectivity index (χ0) is 13.0. The van der Waals surface area contributed by atoms with Gasteiger partial charge in [-0.1, -0.05) is 24.3 Å². The molecule has 2 aromatic rings. The Bertz CT molecular complexity index is 554. The number of hydrogen-bond acceptors (Lipinski definition) is 3. The van der Waals surface area contributed by atoms with Crippen LogP contribution in [0.2, 0.25) is 0 Å². The van der Waals surface area contributed by atoms with E-state index in [0.29, 0.717) is 12.1 Å². The molecule has 2 rings (SSSR count). The molecular formula is C14H16N2O2. The standard InChI is InChI=1S/C14H16N2O2/c1-10(8-9-17)15-14(18)13-7-6-11-4-2-3-5-12(11)16-13/h2-7,10,17H,8-9H2,1H3,(H,15,18). The highest BCUT2D eigenvalue weighted by Gasteiger charge is 2.10. The maximum absolute atomic E-state index is 11.9. The van der Waals surface area contributed by atoms with Crippen molar-refractivity contribution in [2.24, 2.45) is 0 Å². The normalized spacial score (nSPS) is 12.3. The monoisotopic (exact) mass is 244 g/mol. The van der Waals surface area contributed by atoms with Crippen LogP contribution in [0.1, 0.15) is 23.8 Å². The smallest absolute Gasteiger partial charge is 0.270 e. The van der Waals surface area contributed by atoms with Crippen molar-refractivity contribution in [2.45, 2.75) is 19.4 Å². The van der Waals surface area contributed by atoms with Gasteiger partial charge in [0.2, 0.25) is 0 Å². The van der Waals surface area contributed by atoms with Gasteiger partial charge in [-0.2, -0.15) is 0 Å². The van der Waals surface area contributed by atoms with Crippen LogP contribution < -0.4 is 5.32 Å². The van der Waals surface area contributed by atoms with Crippen molar-refractivity contribution in [1.82, 2.24) is 10.3 Å². The minimum atomic E-state index is -0.207. The van der Waals surface area contributed by atoms with Gasteiger partial charge in [-0.3, -0.25) is 4.79 Å². The second-order valence-electron chi connectivity index (χ2n) is 4.28. The first kappa shape index (κ1) is 12.5. The third-order valence-corrected chi connectivity index (χ3v) is 2.77. The van der Waals surface area contributed by atoms with E-state index in [1.54, 1.807) is 6.07 Å². The predicted molar refractivity (Wildman–Crippen MR) is 70.4 cm³/mol. The lowest BCUT2D eigenvalue weighted by molar-refractivity contribution is 0.0929. The summed E-state index contributed by atoms with van der Waals surface area (Å²) in [5.41, 5.74) is 1.21. The molecule has 1 aromatic heterocycles. The number of nitrogens with zero attached hydrogens (tertiary/aromatic N) is 1. The first-order valence-corrected chi connectivity index (χ1v) is 5.98. The number of benzene rings is 1. The highest BCUT2D eigenvalue weighted by Crippen LogP contribution is 2.11. The summed E-state index contributed by atoms with van der Waals surface area (Å²) in [5.74, 6) is -0.207. The predicted octanol–water partition coefficient (Wildman–Crippen LogP) is 1.74. The van der Waals surface area contributed by atoms with Crippen LogP contribution in [0.4, 0.5) is 0 Å². The lowest BCUT2D eigenvalue weighted by atomic mass is 10.2. The van der Waals surface area contributed by atoms with E-state index in [2.05, 4.69) is 10.3 Å². The molecule has 0 saturated heterocycles. The lowest BCUT2D eigenvalue weighted by Crippen LogP contribution is -2.33. The molecule has 0 spiro atoms. The third-order valence-electron chi connectivity index (χ3n) is 2.77. The average Bonchev–Trinajstić information content (AvgIpc) is 2.38. The molecule has 1 heterocycles. The van der Waals surface area contributed by atoms with E-state index in [9.17, 15) is 4.79 Å². The number of rotatable bonds is 4. The summed E-state index contributed by atoms with van der Waals surface area (Å²) >= 11 is 0.